The van der Waals surface area contributed by atoms with Crippen LogP contribution in [0.5, 0.6) is 0 Å². The van der Waals surface area contributed by atoms with E-state index in [0.717, 1.165) is 19.4 Å². The van der Waals surface area contributed by atoms with E-state index in [1.54, 1.807) is 6.26 Å². The lowest BCUT2D eigenvalue weighted by molar-refractivity contribution is -0.0820. The van der Waals surface area contributed by atoms with Gasteiger partial charge < -0.3 is 9.47 Å². The summed E-state index contributed by atoms with van der Waals surface area (Å²) in [5.41, 5.74) is -0.0464. The molecule has 0 aromatic heterocycles. The highest BCUT2D eigenvalue weighted by atomic mass is 16.6. The van der Waals surface area contributed by atoms with Crippen LogP contribution in [0, 0.1) is 0 Å². The Hall–Kier alpha value is -0.540. The predicted molar refractivity (Wildman–Crippen MR) is 50.2 cm³/mol. The Morgan fingerprint density at radius 1 is 1.46 bits per heavy atom. The number of hydrogen-bond donors (Lipinski definition) is 1. The molecule has 2 unspecified atom stereocenters. The minimum absolute atomic E-state index is 0.0464. The van der Waals surface area contributed by atoms with Crippen molar-refractivity contribution in [2.45, 2.75) is 44.6 Å². The molecule has 3 heteroatoms. The van der Waals surface area contributed by atoms with E-state index in [-0.39, 0.29) is 17.9 Å². The van der Waals surface area contributed by atoms with Crippen LogP contribution in [-0.2, 0) is 9.47 Å². The molecule has 0 bridgehead atoms. The molecule has 0 radical (unpaired) electrons. The molecule has 2 aliphatic rings. The molecule has 2 rings (SSSR count). The molecule has 1 saturated heterocycles. The van der Waals surface area contributed by atoms with Gasteiger partial charge in [0.25, 0.3) is 0 Å². The molecule has 74 valence electrons. The van der Waals surface area contributed by atoms with Gasteiger partial charge >= 0.3 is 0 Å². The molecular weight excluding hydrogens is 166 g/mol. The lowest BCUT2D eigenvalue weighted by atomic mass is 10.1. The van der Waals surface area contributed by atoms with E-state index in [0.29, 0.717) is 0 Å². The molecule has 0 aromatic carbocycles. The molecular formula is C10H17NO2. The molecule has 1 fully saturated rings. The zero-order chi connectivity index (χ0) is 9.31. The summed E-state index contributed by atoms with van der Waals surface area (Å²) in [4.78, 5) is 0. The molecule has 2 heterocycles. The van der Waals surface area contributed by atoms with Crippen LogP contribution in [0.15, 0.2) is 12.3 Å². The van der Waals surface area contributed by atoms with Crippen LogP contribution in [0.4, 0.5) is 0 Å². The lowest BCUT2D eigenvalue weighted by Gasteiger charge is -2.26. The van der Waals surface area contributed by atoms with Gasteiger partial charge in [0.1, 0.15) is 12.3 Å². The van der Waals surface area contributed by atoms with Crippen LogP contribution in [0.3, 0.4) is 0 Å². The minimum Gasteiger partial charge on any atom is -0.494 e. The SMILES string of the molecule is CC1(C)CNC(C2CCC=CO2)O1. The standard InChI is InChI=1S/C10H17NO2/c1-10(2)7-11-9(13-10)8-5-3-4-6-12-8/h4,6,8-9,11H,3,5,7H2,1-2H3. The van der Waals surface area contributed by atoms with Crippen LogP contribution in [0.1, 0.15) is 26.7 Å². The van der Waals surface area contributed by atoms with Gasteiger partial charge in [-0.05, 0) is 32.8 Å². The Morgan fingerprint density at radius 2 is 2.31 bits per heavy atom. The molecule has 2 aliphatic heterocycles. The van der Waals surface area contributed by atoms with Crippen molar-refractivity contribution >= 4 is 0 Å². The van der Waals surface area contributed by atoms with Gasteiger partial charge in [-0.15, -0.1) is 0 Å². The Morgan fingerprint density at radius 3 is 2.85 bits per heavy atom. The maximum absolute atomic E-state index is 5.82. The number of ether oxygens (including phenoxy) is 2. The van der Waals surface area contributed by atoms with E-state index in [9.17, 15) is 0 Å². The van der Waals surface area contributed by atoms with E-state index in [1.807, 2.05) is 0 Å². The van der Waals surface area contributed by atoms with E-state index < -0.39 is 0 Å². The summed E-state index contributed by atoms with van der Waals surface area (Å²) < 4.78 is 11.3. The molecule has 3 nitrogen and oxygen atoms in total. The van der Waals surface area contributed by atoms with Crippen molar-refractivity contribution in [2.75, 3.05) is 6.54 Å². The number of allylic oxidation sites excluding steroid dienone is 1. The van der Waals surface area contributed by atoms with Gasteiger partial charge in [0.05, 0.1) is 11.9 Å². The first-order valence-corrected chi connectivity index (χ1v) is 4.89. The summed E-state index contributed by atoms with van der Waals surface area (Å²) in [6.45, 7) is 5.10. The van der Waals surface area contributed by atoms with Crippen LogP contribution in [0.2, 0.25) is 0 Å². The Balaban J connectivity index is 1.92. The Labute approximate surface area is 79.1 Å². The summed E-state index contributed by atoms with van der Waals surface area (Å²) in [6.07, 6.45) is 6.23. The highest BCUT2D eigenvalue weighted by molar-refractivity contribution is 4.90. The van der Waals surface area contributed by atoms with Gasteiger partial charge in [-0.25, -0.2) is 0 Å². The first-order chi connectivity index (χ1) is 6.17. The van der Waals surface area contributed by atoms with Crippen molar-refractivity contribution in [2.24, 2.45) is 0 Å². The largest absolute Gasteiger partial charge is 0.494 e. The number of hydrogen-bond acceptors (Lipinski definition) is 3. The van der Waals surface area contributed by atoms with Gasteiger partial charge in [0, 0.05) is 6.54 Å². The summed E-state index contributed by atoms with van der Waals surface area (Å²) >= 11 is 0. The average Bonchev–Trinajstić information content (AvgIpc) is 2.48. The van der Waals surface area contributed by atoms with Crippen molar-refractivity contribution in [3.05, 3.63) is 12.3 Å². The zero-order valence-corrected chi connectivity index (χ0v) is 8.25. The van der Waals surface area contributed by atoms with E-state index in [1.165, 1.54) is 0 Å². The second-order valence-electron chi connectivity index (χ2n) is 4.30. The second-order valence-corrected chi connectivity index (χ2v) is 4.30. The molecule has 0 aliphatic carbocycles. The molecule has 0 saturated carbocycles. The van der Waals surface area contributed by atoms with Crippen LogP contribution >= 0.6 is 0 Å². The molecule has 1 N–H and O–H groups in total. The summed E-state index contributed by atoms with van der Waals surface area (Å²) in [6, 6.07) is 0. The maximum Gasteiger partial charge on any atom is 0.146 e. The Kier molecular flexibility index (Phi) is 2.30. The monoisotopic (exact) mass is 183 g/mol. The van der Waals surface area contributed by atoms with Crippen molar-refractivity contribution in [3.63, 3.8) is 0 Å². The zero-order valence-electron chi connectivity index (χ0n) is 8.25. The van der Waals surface area contributed by atoms with E-state index >= 15 is 0 Å². The van der Waals surface area contributed by atoms with Gasteiger partial charge in [0.2, 0.25) is 0 Å². The van der Waals surface area contributed by atoms with Gasteiger partial charge in [-0.3, -0.25) is 5.32 Å². The van der Waals surface area contributed by atoms with Gasteiger partial charge in [-0.1, -0.05) is 0 Å². The third kappa shape index (κ3) is 2.03. The number of nitrogens with one attached hydrogen (secondary N) is 1. The van der Waals surface area contributed by atoms with Crippen molar-refractivity contribution < 1.29 is 9.47 Å². The third-order valence-corrected chi connectivity index (χ3v) is 2.48. The van der Waals surface area contributed by atoms with Gasteiger partial charge in [0.15, 0.2) is 0 Å². The topological polar surface area (TPSA) is 30.5 Å². The summed E-state index contributed by atoms with van der Waals surface area (Å²) in [7, 11) is 0. The smallest absolute Gasteiger partial charge is 0.146 e. The normalized spacial score (nSPS) is 37.4. The van der Waals surface area contributed by atoms with Crippen molar-refractivity contribution in [1.29, 1.82) is 0 Å². The highest BCUT2D eigenvalue weighted by Gasteiger charge is 2.36. The number of rotatable bonds is 1. The molecule has 0 spiro atoms. The molecule has 0 aromatic rings. The first-order valence-electron chi connectivity index (χ1n) is 4.89. The highest BCUT2D eigenvalue weighted by Crippen LogP contribution is 2.23. The predicted octanol–water partition coefficient (Wildman–Crippen LogP) is 1.40. The van der Waals surface area contributed by atoms with E-state index in [4.69, 9.17) is 9.47 Å². The fraction of sp³-hybridized carbons (Fsp3) is 0.800. The third-order valence-electron chi connectivity index (χ3n) is 2.48. The van der Waals surface area contributed by atoms with E-state index in [2.05, 4.69) is 25.2 Å². The summed E-state index contributed by atoms with van der Waals surface area (Å²) in [5, 5.41) is 3.34. The van der Waals surface area contributed by atoms with Crippen LogP contribution in [0.25, 0.3) is 0 Å². The fourth-order valence-electron chi connectivity index (χ4n) is 1.76. The lowest BCUT2D eigenvalue weighted by Crippen LogP contribution is -2.37. The van der Waals surface area contributed by atoms with Gasteiger partial charge in [-0.2, -0.15) is 0 Å². The molecule has 2 atom stereocenters. The molecule has 0 amide bonds. The van der Waals surface area contributed by atoms with Crippen molar-refractivity contribution in [3.8, 4) is 0 Å². The Bertz CT molecular complexity index is 213. The van der Waals surface area contributed by atoms with Crippen molar-refractivity contribution in [1.82, 2.24) is 5.32 Å². The van der Waals surface area contributed by atoms with Crippen LogP contribution in [-0.4, -0.2) is 24.5 Å². The van der Waals surface area contributed by atoms with Crippen LogP contribution < -0.4 is 5.32 Å². The minimum atomic E-state index is -0.0464. The quantitative estimate of drug-likeness (QED) is 0.666. The average molecular weight is 183 g/mol. The first kappa shape index (κ1) is 9.03. The summed E-state index contributed by atoms with van der Waals surface area (Å²) in [5.74, 6) is 0. The fourth-order valence-corrected chi connectivity index (χ4v) is 1.76. The second kappa shape index (κ2) is 3.31. The molecule has 13 heavy (non-hydrogen) atoms. The maximum atomic E-state index is 5.82.